The Balaban J connectivity index is 2.11. The highest BCUT2D eigenvalue weighted by atomic mass is 16.5. The first-order chi connectivity index (χ1) is 10.3. The molecule has 3 heteroatoms. The SMILES string of the molecule is C=C1C=C2[C@H](CC(=C)[C@H]3CCCC[C@]23O)[C@](C)(C(=O)OC)C1. The summed E-state index contributed by atoms with van der Waals surface area (Å²) in [5, 5.41) is 11.4. The molecule has 0 aromatic rings. The summed E-state index contributed by atoms with van der Waals surface area (Å²) in [5.74, 6) is -0.122. The zero-order valence-corrected chi connectivity index (χ0v) is 13.7. The van der Waals surface area contributed by atoms with Crippen LogP contribution < -0.4 is 0 Å². The Labute approximate surface area is 132 Å². The van der Waals surface area contributed by atoms with Crippen LogP contribution in [0.3, 0.4) is 0 Å². The molecule has 120 valence electrons. The average Bonchev–Trinajstić information content (AvgIpc) is 2.48. The van der Waals surface area contributed by atoms with Crippen LogP contribution in [0, 0.1) is 17.3 Å². The Morgan fingerprint density at radius 1 is 1.36 bits per heavy atom. The van der Waals surface area contributed by atoms with Gasteiger partial charge in [-0.2, -0.15) is 0 Å². The van der Waals surface area contributed by atoms with Crippen molar-refractivity contribution in [3.05, 3.63) is 36.0 Å². The predicted molar refractivity (Wildman–Crippen MR) is 86.1 cm³/mol. The van der Waals surface area contributed by atoms with E-state index in [2.05, 4.69) is 13.2 Å². The zero-order valence-electron chi connectivity index (χ0n) is 13.7. The third kappa shape index (κ3) is 2.02. The Hall–Kier alpha value is -1.35. The average molecular weight is 302 g/mol. The number of methoxy groups -OCH3 is 1. The van der Waals surface area contributed by atoms with Crippen LogP contribution in [0.15, 0.2) is 36.0 Å². The first-order valence-corrected chi connectivity index (χ1v) is 8.21. The molecule has 3 nitrogen and oxygen atoms in total. The normalized spacial score (nSPS) is 41.3. The predicted octanol–water partition coefficient (Wildman–Crippen LogP) is 3.55. The van der Waals surface area contributed by atoms with Crippen molar-refractivity contribution in [3.63, 3.8) is 0 Å². The van der Waals surface area contributed by atoms with Gasteiger partial charge < -0.3 is 9.84 Å². The maximum atomic E-state index is 12.5. The highest BCUT2D eigenvalue weighted by Gasteiger charge is 2.57. The van der Waals surface area contributed by atoms with E-state index >= 15 is 0 Å². The van der Waals surface area contributed by atoms with Crippen molar-refractivity contribution in [2.24, 2.45) is 17.3 Å². The standard InChI is InChI=1S/C19H26O3/c1-12-9-16-15(18(3,11-12)17(20)22-4)10-13(2)14-7-5-6-8-19(14,16)21/h9,14-15,21H,1-2,5-8,10-11H2,3-4H3/t14-,15+,18-,19-/m1/s1. The summed E-state index contributed by atoms with van der Waals surface area (Å²) in [7, 11) is 1.43. The van der Waals surface area contributed by atoms with Crippen LogP contribution in [0.1, 0.15) is 45.4 Å². The van der Waals surface area contributed by atoms with Crippen LogP contribution in [0.25, 0.3) is 0 Å². The Morgan fingerprint density at radius 2 is 2.09 bits per heavy atom. The number of allylic oxidation sites excluding steroid dienone is 2. The van der Waals surface area contributed by atoms with Crippen LogP contribution in [0.4, 0.5) is 0 Å². The minimum absolute atomic E-state index is 0.0303. The van der Waals surface area contributed by atoms with Gasteiger partial charge in [-0.3, -0.25) is 4.79 Å². The fraction of sp³-hybridized carbons (Fsp3) is 0.632. The number of hydrogen-bond donors (Lipinski definition) is 1. The van der Waals surface area contributed by atoms with Crippen LogP contribution >= 0.6 is 0 Å². The molecule has 0 radical (unpaired) electrons. The Kier molecular flexibility index (Phi) is 3.59. The monoisotopic (exact) mass is 302 g/mol. The van der Waals surface area contributed by atoms with E-state index in [1.165, 1.54) is 7.11 Å². The van der Waals surface area contributed by atoms with Crippen molar-refractivity contribution in [1.29, 1.82) is 0 Å². The van der Waals surface area contributed by atoms with Gasteiger partial charge in [-0.1, -0.05) is 43.2 Å². The summed E-state index contributed by atoms with van der Waals surface area (Å²) < 4.78 is 5.08. The molecule has 0 amide bonds. The molecule has 0 aliphatic heterocycles. The van der Waals surface area contributed by atoms with E-state index in [0.717, 1.165) is 48.8 Å². The van der Waals surface area contributed by atoms with Crippen molar-refractivity contribution < 1.29 is 14.6 Å². The van der Waals surface area contributed by atoms with E-state index in [0.29, 0.717) is 6.42 Å². The molecule has 1 N–H and O–H groups in total. The van der Waals surface area contributed by atoms with Crippen LogP contribution in [0.5, 0.6) is 0 Å². The minimum atomic E-state index is -0.850. The first-order valence-electron chi connectivity index (χ1n) is 8.21. The molecule has 3 aliphatic rings. The van der Waals surface area contributed by atoms with E-state index in [1.807, 2.05) is 13.0 Å². The van der Waals surface area contributed by atoms with Gasteiger partial charge in [-0.05, 0) is 38.2 Å². The molecule has 0 bridgehead atoms. The van der Waals surface area contributed by atoms with Gasteiger partial charge in [0.05, 0.1) is 18.1 Å². The van der Waals surface area contributed by atoms with Gasteiger partial charge in [-0.15, -0.1) is 0 Å². The minimum Gasteiger partial charge on any atom is -0.469 e. The molecular weight excluding hydrogens is 276 g/mol. The molecule has 0 aromatic carbocycles. The van der Waals surface area contributed by atoms with E-state index in [1.54, 1.807) is 0 Å². The Morgan fingerprint density at radius 3 is 2.77 bits per heavy atom. The van der Waals surface area contributed by atoms with Crippen molar-refractivity contribution in [1.82, 2.24) is 0 Å². The highest BCUT2D eigenvalue weighted by molar-refractivity contribution is 5.79. The summed E-state index contributed by atoms with van der Waals surface area (Å²) in [5.41, 5.74) is 1.48. The van der Waals surface area contributed by atoms with Crippen molar-refractivity contribution in [2.45, 2.75) is 51.0 Å². The largest absolute Gasteiger partial charge is 0.469 e. The van der Waals surface area contributed by atoms with Gasteiger partial charge in [0, 0.05) is 11.8 Å². The summed E-state index contributed by atoms with van der Waals surface area (Å²) in [6, 6.07) is 0. The molecule has 0 unspecified atom stereocenters. The van der Waals surface area contributed by atoms with Crippen molar-refractivity contribution in [2.75, 3.05) is 7.11 Å². The lowest BCUT2D eigenvalue weighted by Crippen LogP contribution is -2.54. The second kappa shape index (κ2) is 5.09. The number of fused-ring (bicyclic) bond motifs is 3. The second-order valence-corrected chi connectivity index (χ2v) is 7.48. The summed E-state index contributed by atoms with van der Waals surface area (Å²) in [6.07, 6.45) is 7.29. The first kappa shape index (κ1) is 15.5. The molecule has 4 atom stereocenters. The third-order valence-electron chi connectivity index (χ3n) is 6.09. The lowest BCUT2D eigenvalue weighted by atomic mass is 9.52. The number of aliphatic hydroxyl groups is 1. The zero-order chi connectivity index (χ0) is 16.1. The molecule has 0 aromatic heterocycles. The third-order valence-corrected chi connectivity index (χ3v) is 6.09. The molecule has 0 heterocycles. The molecule has 3 rings (SSSR count). The van der Waals surface area contributed by atoms with Crippen LogP contribution in [0.2, 0.25) is 0 Å². The molecule has 22 heavy (non-hydrogen) atoms. The number of rotatable bonds is 1. The maximum absolute atomic E-state index is 12.5. The second-order valence-electron chi connectivity index (χ2n) is 7.48. The fourth-order valence-corrected chi connectivity index (χ4v) is 4.97. The van der Waals surface area contributed by atoms with Gasteiger partial charge >= 0.3 is 5.97 Å². The van der Waals surface area contributed by atoms with E-state index in [-0.39, 0.29) is 17.8 Å². The van der Waals surface area contributed by atoms with Gasteiger partial charge in [0.25, 0.3) is 0 Å². The van der Waals surface area contributed by atoms with Crippen molar-refractivity contribution in [3.8, 4) is 0 Å². The molecule has 2 fully saturated rings. The summed E-state index contributed by atoms with van der Waals surface area (Å²) >= 11 is 0. The quantitative estimate of drug-likeness (QED) is 0.595. The summed E-state index contributed by atoms with van der Waals surface area (Å²) in [6.45, 7) is 10.3. The van der Waals surface area contributed by atoms with E-state index in [9.17, 15) is 9.90 Å². The highest BCUT2D eigenvalue weighted by Crippen LogP contribution is 2.58. The maximum Gasteiger partial charge on any atom is 0.312 e. The van der Waals surface area contributed by atoms with Crippen LogP contribution in [-0.2, 0) is 9.53 Å². The number of carbonyl (C=O) groups is 1. The molecule has 0 spiro atoms. The topological polar surface area (TPSA) is 46.5 Å². The fourth-order valence-electron chi connectivity index (χ4n) is 4.97. The van der Waals surface area contributed by atoms with Crippen LogP contribution in [-0.4, -0.2) is 23.8 Å². The van der Waals surface area contributed by atoms with Gasteiger partial charge in [0.15, 0.2) is 0 Å². The van der Waals surface area contributed by atoms with Gasteiger partial charge in [0.1, 0.15) is 0 Å². The van der Waals surface area contributed by atoms with Gasteiger partial charge in [-0.25, -0.2) is 0 Å². The molecule has 0 saturated heterocycles. The number of esters is 1. The van der Waals surface area contributed by atoms with Gasteiger partial charge in [0.2, 0.25) is 0 Å². The smallest absolute Gasteiger partial charge is 0.312 e. The Bertz CT molecular complexity index is 573. The molecule has 2 saturated carbocycles. The molecular formula is C19H26O3. The lowest BCUT2D eigenvalue weighted by Gasteiger charge is -2.54. The molecule has 3 aliphatic carbocycles. The van der Waals surface area contributed by atoms with Crippen molar-refractivity contribution >= 4 is 5.97 Å². The lowest BCUT2D eigenvalue weighted by molar-refractivity contribution is -0.156. The summed E-state index contributed by atoms with van der Waals surface area (Å²) in [4.78, 5) is 12.5. The van der Waals surface area contributed by atoms with E-state index in [4.69, 9.17) is 4.74 Å². The van der Waals surface area contributed by atoms with E-state index < -0.39 is 11.0 Å². The number of ether oxygens (including phenoxy) is 1. The number of carbonyl (C=O) groups excluding carboxylic acids is 1. The number of hydrogen-bond acceptors (Lipinski definition) is 3.